The van der Waals surface area contributed by atoms with E-state index < -0.39 is 58.6 Å². The molecule has 3 rings (SSSR count). The highest BCUT2D eigenvalue weighted by atomic mass is 32.2. The van der Waals surface area contributed by atoms with E-state index in [-0.39, 0.29) is 29.7 Å². The van der Waals surface area contributed by atoms with Gasteiger partial charge in [0.05, 0.1) is 12.0 Å². The molecule has 1 aromatic heterocycles. The fourth-order valence-electron chi connectivity index (χ4n) is 3.39. The van der Waals surface area contributed by atoms with Gasteiger partial charge in [-0.25, -0.2) is 4.98 Å². The Hall–Kier alpha value is -2.71. The molecule has 0 saturated carbocycles. The zero-order valence-electron chi connectivity index (χ0n) is 19.1. The van der Waals surface area contributed by atoms with Gasteiger partial charge >= 0.3 is 11.9 Å². The number of Topliss-reactive ketones (excluding diaryl/α,β-unsaturated/α-hetero) is 1. The summed E-state index contributed by atoms with van der Waals surface area (Å²) in [6.45, 7) is 4.43. The number of thiazole rings is 1. The number of nitrogens with zero attached hydrogens (tertiary/aromatic N) is 2. The SMILES string of the molecule is COCC1(C(=O)OCOC(=O)C(C)(C)C)CS[C@@H]2C(NC(=O)C(=O)c3csc(N)n3)C(=O)N2C1. The zero-order valence-corrected chi connectivity index (χ0v) is 20.7. The number of β-lactam (4-membered cyclic amide) rings is 1. The lowest BCUT2D eigenvalue weighted by atomic mass is 9.88. The number of rotatable bonds is 8. The Labute approximate surface area is 203 Å². The fraction of sp³-hybridized carbons (Fsp3) is 0.600. The molecule has 34 heavy (non-hydrogen) atoms. The van der Waals surface area contributed by atoms with Crippen molar-refractivity contribution >= 4 is 57.8 Å². The highest BCUT2D eigenvalue weighted by molar-refractivity contribution is 8.00. The van der Waals surface area contributed by atoms with E-state index in [2.05, 4.69) is 10.3 Å². The number of nitrogen functional groups attached to an aromatic ring is 1. The predicted molar refractivity (Wildman–Crippen MR) is 122 cm³/mol. The number of carbonyl (C=O) groups is 5. The third-order valence-corrected chi connectivity index (χ3v) is 7.50. The number of esters is 2. The molecule has 3 heterocycles. The number of nitrogens with two attached hydrogens (primary N) is 1. The summed E-state index contributed by atoms with van der Waals surface area (Å²) in [6, 6.07) is -0.915. The van der Waals surface area contributed by atoms with Gasteiger partial charge in [0.2, 0.25) is 12.7 Å². The third-order valence-electron chi connectivity index (χ3n) is 5.24. The van der Waals surface area contributed by atoms with Crippen LogP contribution >= 0.6 is 23.1 Å². The molecule has 14 heteroatoms. The molecule has 2 aliphatic heterocycles. The largest absolute Gasteiger partial charge is 0.427 e. The van der Waals surface area contributed by atoms with Crippen LogP contribution in [0.1, 0.15) is 31.3 Å². The van der Waals surface area contributed by atoms with E-state index in [1.807, 2.05) is 0 Å². The molecule has 0 aliphatic carbocycles. The summed E-state index contributed by atoms with van der Waals surface area (Å²) in [5.41, 5.74) is 3.47. The minimum Gasteiger partial charge on any atom is -0.427 e. The number of methoxy groups -OCH3 is 1. The Bertz CT molecular complexity index is 1010. The van der Waals surface area contributed by atoms with E-state index >= 15 is 0 Å². The Morgan fingerprint density at radius 1 is 1.29 bits per heavy atom. The fourth-order valence-corrected chi connectivity index (χ4v) is 5.46. The summed E-state index contributed by atoms with van der Waals surface area (Å²) >= 11 is 2.28. The number of thioether (sulfide) groups is 1. The van der Waals surface area contributed by atoms with Crippen molar-refractivity contribution < 1.29 is 38.2 Å². The van der Waals surface area contributed by atoms with Crippen LogP contribution in [0.15, 0.2) is 5.38 Å². The summed E-state index contributed by atoms with van der Waals surface area (Å²) in [6.07, 6.45) is 0. The first-order valence-corrected chi connectivity index (χ1v) is 12.1. The van der Waals surface area contributed by atoms with Crippen LogP contribution in [0.4, 0.5) is 5.13 Å². The van der Waals surface area contributed by atoms with Crippen LogP contribution in [-0.4, -0.2) is 83.6 Å². The average Bonchev–Trinajstić information content (AvgIpc) is 3.22. The smallest absolute Gasteiger partial charge is 0.319 e. The molecular formula is C20H26N4O8S2. The molecule has 186 valence electrons. The molecule has 2 saturated heterocycles. The van der Waals surface area contributed by atoms with Crippen LogP contribution < -0.4 is 11.1 Å². The predicted octanol–water partition coefficient (Wildman–Crippen LogP) is 0.0307. The second-order valence-corrected chi connectivity index (χ2v) is 11.0. The normalized spacial score (nSPS) is 24.0. The maximum Gasteiger partial charge on any atom is 0.319 e. The first-order valence-electron chi connectivity index (χ1n) is 10.2. The Morgan fingerprint density at radius 3 is 2.59 bits per heavy atom. The highest BCUT2D eigenvalue weighted by Gasteiger charge is 2.58. The standard InChI is InChI=1S/C20H26N4O8S2/c1-19(2,3)16(28)31-9-32-17(29)20(7-30-4)6-24-14(27)11(15(24)34-8-20)23-13(26)12(25)10-5-33-18(21)22-10/h5,11,15H,6-9H2,1-4H3,(H2,21,22)(H,23,26)/t11?,15-,20?/m1/s1. The molecule has 1 aromatic rings. The molecule has 0 spiro atoms. The lowest BCUT2D eigenvalue weighted by Crippen LogP contribution is -2.74. The summed E-state index contributed by atoms with van der Waals surface area (Å²) in [4.78, 5) is 67.2. The van der Waals surface area contributed by atoms with Crippen LogP contribution in [0, 0.1) is 10.8 Å². The van der Waals surface area contributed by atoms with E-state index in [4.69, 9.17) is 19.9 Å². The Morgan fingerprint density at radius 2 is 2.00 bits per heavy atom. The van der Waals surface area contributed by atoms with Crippen LogP contribution in [-0.2, 0) is 33.4 Å². The van der Waals surface area contributed by atoms with Crippen LogP contribution in [0.2, 0.25) is 0 Å². The number of nitrogens with one attached hydrogen (secondary N) is 1. The second kappa shape index (κ2) is 9.88. The van der Waals surface area contributed by atoms with Crippen LogP contribution in [0.5, 0.6) is 0 Å². The minimum absolute atomic E-state index is 0.00761. The number of ether oxygens (including phenoxy) is 3. The number of ketones is 1. The van der Waals surface area contributed by atoms with Crippen molar-refractivity contribution in [3.05, 3.63) is 11.1 Å². The minimum atomic E-state index is -1.18. The van der Waals surface area contributed by atoms with Crippen molar-refractivity contribution in [1.29, 1.82) is 0 Å². The van der Waals surface area contributed by atoms with Crippen molar-refractivity contribution in [3.63, 3.8) is 0 Å². The molecule has 3 atom stereocenters. The number of anilines is 1. The van der Waals surface area contributed by atoms with Gasteiger partial charge in [-0.2, -0.15) is 0 Å². The van der Waals surface area contributed by atoms with Gasteiger partial charge in [-0.15, -0.1) is 23.1 Å². The third kappa shape index (κ3) is 5.18. The number of aromatic nitrogens is 1. The molecule has 0 aromatic carbocycles. The number of carbonyl (C=O) groups excluding carboxylic acids is 5. The van der Waals surface area contributed by atoms with Crippen LogP contribution in [0.25, 0.3) is 0 Å². The van der Waals surface area contributed by atoms with Gasteiger partial charge in [-0.1, -0.05) is 0 Å². The van der Waals surface area contributed by atoms with Crippen molar-refractivity contribution in [1.82, 2.24) is 15.2 Å². The monoisotopic (exact) mass is 514 g/mol. The molecule has 2 amide bonds. The van der Waals surface area contributed by atoms with Gasteiger partial charge in [0.1, 0.15) is 22.5 Å². The molecule has 3 N–H and O–H groups in total. The first-order chi connectivity index (χ1) is 15.9. The molecule has 2 fully saturated rings. The molecule has 2 unspecified atom stereocenters. The van der Waals surface area contributed by atoms with E-state index in [9.17, 15) is 24.0 Å². The molecule has 12 nitrogen and oxygen atoms in total. The molecular weight excluding hydrogens is 488 g/mol. The highest BCUT2D eigenvalue weighted by Crippen LogP contribution is 2.43. The van der Waals surface area contributed by atoms with Gasteiger partial charge in [-0.05, 0) is 20.8 Å². The Kier molecular flexibility index (Phi) is 7.53. The molecule has 0 bridgehead atoms. The summed E-state index contributed by atoms with van der Waals surface area (Å²) in [5.74, 6) is -3.25. The molecule has 2 aliphatic rings. The summed E-state index contributed by atoms with van der Waals surface area (Å²) in [7, 11) is 1.42. The number of fused-ring (bicyclic) bond motifs is 1. The van der Waals surface area contributed by atoms with Gasteiger partial charge in [0.25, 0.3) is 11.7 Å². The van der Waals surface area contributed by atoms with Gasteiger partial charge in [0, 0.05) is 24.8 Å². The van der Waals surface area contributed by atoms with Gasteiger partial charge in [-0.3, -0.25) is 24.0 Å². The van der Waals surface area contributed by atoms with Crippen LogP contribution in [0.3, 0.4) is 0 Å². The summed E-state index contributed by atoms with van der Waals surface area (Å²) in [5, 5.41) is 3.50. The number of amides is 2. The van der Waals surface area contributed by atoms with Gasteiger partial charge in [0.15, 0.2) is 5.13 Å². The van der Waals surface area contributed by atoms with E-state index in [0.717, 1.165) is 11.3 Å². The zero-order chi connectivity index (χ0) is 25.3. The maximum atomic E-state index is 12.9. The average molecular weight is 515 g/mol. The van der Waals surface area contributed by atoms with Crippen molar-refractivity contribution in [2.75, 3.05) is 38.5 Å². The van der Waals surface area contributed by atoms with E-state index in [1.54, 1.807) is 20.8 Å². The second-order valence-electron chi connectivity index (χ2n) is 8.96. The summed E-state index contributed by atoms with van der Waals surface area (Å²) < 4.78 is 15.4. The van der Waals surface area contributed by atoms with E-state index in [1.165, 1.54) is 29.2 Å². The lowest BCUT2D eigenvalue weighted by molar-refractivity contribution is -0.183. The topological polar surface area (TPSA) is 167 Å². The lowest BCUT2D eigenvalue weighted by Gasteiger charge is -2.53. The van der Waals surface area contributed by atoms with Crippen molar-refractivity contribution in [3.8, 4) is 0 Å². The number of hydrogen-bond acceptors (Lipinski definition) is 12. The quantitative estimate of drug-likeness (QED) is 0.158. The van der Waals surface area contributed by atoms with Crippen molar-refractivity contribution in [2.45, 2.75) is 32.2 Å². The maximum absolute atomic E-state index is 12.9. The van der Waals surface area contributed by atoms with E-state index in [0.29, 0.717) is 0 Å². The Balaban J connectivity index is 1.59. The first kappa shape index (κ1) is 25.9. The number of hydrogen-bond donors (Lipinski definition) is 2. The molecule has 0 radical (unpaired) electrons. The van der Waals surface area contributed by atoms with Gasteiger partial charge < -0.3 is 30.2 Å². The van der Waals surface area contributed by atoms with Crippen molar-refractivity contribution in [2.24, 2.45) is 10.8 Å².